The van der Waals surface area contributed by atoms with Gasteiger partial charge in [0.25, 0.3) is 0 Å². The van der Waals surface area contributed by atoms with Crippen LogP contribution in [0, 0.1) is 0 Å². The summed E-state index contributed by atoms with van der Waals surface area (Å²) in [6, 6.07) is 0. The molecule has 0 fully saturated rings. The van der Waals surface area contributed by atoms with Gasteiger partial charge in [-0.05, 0) is 0 Å². The van der Waals surface area contributed by atoms with Crippen molar-refractivity contribution >= 4 is 27.1 Å². The van der Waals surface area contributed by atoms with Crippen LogP contribution in [0.5, 0.6) is 0 Å². The molecule has 0 aromatic heterocycles. The van der Waals surface area contributed by atoms with Crippen LogP contribution in [0.25, 0.3) is 0 Å². The first-order chi connectivity index (χ1) is 8.99. The molecule has 0 rings (SSSR count). The highest BCUT2D eigenvalue weighted by molar-refractivity contribution is 6.87. The molecule has 112 valence electrons. The largest absolute Gasteiger partial charge is 0.360 e. The van der Waals surface area contributed by atoms with Crippen molar-refractivity contribution in [3.63, 3.8) is 0 Å². The highest BCUT2D eigenvalue weighted by Crippen LogP contribution is 2.06. The van der Waals surface area contributed by atoms with E-state index in [1.165, 1.54) is 0 Å². The molecule has 0 heterocycles. The Morgan fingerprint density at radius 2 is 1.05 bits per heavy atom. The van der Waals surface area contributed by atoms with E-state index in [9.17, 15) is 0 Å². The summed E-state index contributed by atoms with van der Waals surface area (Å²) in [5, 5.41) is 0. The molecule has 19 heavy (non-hydrogen) atoms. The fourth-order valence-corrected chi connectivity index (χ4v) is 8.87. The number of hydrogen-bond donors (Lipinski definition) is 0. The highest BCUT2D eigenvalue weighted by atomic mass is 28.3. The van der Waals surface area contributed by atoms with E-state index in [1.54, 1.807) is 28.4 Å². The average molecular weight is 321 g/mol. The van der Waals surface area contributed by atoms with Gasteiger partial charge in [0.15, 0.2) is 0 Å². The smallest absolute Gasteiger partial charge is 0.138 e. The normalized spacial score (nSPS) is 14.7. The summed E-state index contributed by atoms with van der Waals surface area (Å²) in [5.41, 5.74) is 9.31. The molecule has 0 N–H and O–H groups in total. The Bertz CT molecular complexity index is 248. The van der Waals surface area contributed by atoms with E-state index in [4.69, 9.17) is 18.9 Å². The van der Waals surface area contributed by atoms with Gasteiger partial charge in [0.2, 0.25) is 0 Å². The molecule has 0 radical (unpaired) electrons. The molecular weight excluding hydrogens is 292 g/mol. The van der Waals surface area contributed by atoms with Crippen LogP contribution < -0.4 is 0 Å². The quantitative estimate of drug-likeness (QED) is 0.428. The van der Waals surface area contributed by atoms with Gasteiger partial charge in [-0.2, -0.15) is 0 Å². The summed E-state index contributed by atoms with van der Waals surface area (Å²) in [6.45, 7) is 4.65. The van der Waals surface area contributed by atoms with E-state index in [0.717, 1.165) is 0 Å². The Hall–Kier alpha value is -0.0294. The topological polar surface area (TPSA) is 36.9 Å². The van der Waals surface area contributed by atoms with Crippen molar-refractivity contribution in [2.75, 3.05) is 28.4 Å². The monoisotopic (exact) mass is 320 g/mol. The van der Waals surface area contributed by atoms with Gasteiger partial charge in [-0.3, -0.25) is 0 Å². The first-order valence-corrected chi connectivity index (χ1v) is 12.9. The Kier molecular flexibility index (Phi) is 10.7. The van der Waals surface area contributed by atoms with E-state index in [1.807, 2.05) is 0 Å². The van der Waals surface area contributed by atoms with Crippen LogP contribution in [0.4, 0.5) is 0 Å². The molecule has 0 saturated carbocycles. The van der Waals surface area contributed by atoms with E-state index in [-0.39, 0.29) is 11.8 Å². The van der Waals surface area contributed by atoms with Gasteiger partial charge in [-0.1, -0.05) is 24.5 Å². The van der Waals surface area contributed by atoms with Gasteiger partial charge in [-0.15, -0.1) is 11.4 Å². The van der Waals surface area contributed by atoms with Crippen LogP contribution in [0.15, 0.2) is 22.8 Å². The molecule has 0 unspecified atom stereocenters. The minimum Gasteiger partial charge on any atom is -0.360 e. The number of methoxy groups -OCH3 is 4. The summed E-state index contributed by atoms with van der Waals surface area (Å²) < 4.78 is 20.9. The lowest BCUT2D eigenvalue weighted by Crippen LogP contribution is -2.25. The number of hydrogen-bond acceptors (Lipinski definition) is 4. The molecule has 0 bridgehead atoms. The van der Waals surface area contributed by atoms with Crippen LogP contribution in [0.1, 0.15) is 0 Å². The molecule has 0 aliphatic rings. The van der Waals surface area contributed by atoms with Crippen molar-refractivity contribution in [2.24, 2.45) is 0 Å². The fraction of sp³-hybridized carbons (Fsp3) is 0.667. The van der Waals surface area contributed by atoms with Crippen molar-refractivity contribution in [1.82, 2.24) is 0 Å². The van der Waals surface area contributed by atoms with Gasteiger partial charge in [-0.25, -0.2) is 0 Å². The second-order valence-corrected chi connectivity index (χ2v) is 12.4. The molecule has 0 aliphatic heterocycles. The summed E-state index contributed by atoms with van der Waals surface area (Å²) in [6.07, 6.45) is 0. The van der Waals surface area contributed by atoms with Crippen LogP contribution in [-0.4, -0.2) is 67.4 Å². The predicted molar refractivity (Wildman–Crippen MR) is 88.5 cm³/mol. The van der Waals surface area contributed by atoms with Gasteiger partial charge < -0.3 is 18.9 Å². The lowest BCUT2D eigenvalue weighted by atomic mass is 11.2. The third-order valence-electron chi connectivity index (χ3n) is 2.80. The predicted octanol–water partition coefficient (Wildman–Crippen LogP) is 0.291. The van der Waals surface area contributed by atoms with Crippen molar-refractivity contribution in [1.29, 1.82) is 0 Å². The van der Waals surface area contributed by atoms with Crippen molar-refractivity contribution in [3.8, 4) is 0 Å². The second kappa shape index (κ2) is 10.7. The Labute approximate surface area is 122 Å². The van der Waals surface area contributed by atoms with Crippen molar-refractivity contribution in [3.05, 3.63) is 22.8 Å². The van der Waals surface area contributed by atoms with Crippen LogP contribution in [0.2, 0.25) is 13.1 Å². The second-order valence-electron chi connectivity index (χ2n) is 4.90. The maximum absolute atomic E-state index is 5.22. The lowest BCUT2D eigenvalue weighted by Gasteiger charge is -2.15. The fourth-order valence-electron chi connectivity index (χ4n) is 1.60. The molecule has 0 aromatic rings. The average Bonchev–Trinajstić information content (AvgIpc) is 2.39. The minimum atomic E-state index is -1.40. The molecule has 0 spiro atoms. The lowest BCUT2D eigenvalue weighted by molar-refractivity contribution is -0.0432. The Balaban J connectivity index is 4.22. The maximum Gasteiger partial charge on any atom is 0.138 e. The summed E-state index contributed by atoms with van der Waals surface area (Å²) >= 11 is 0. The van der Waals surface area contributed by atoms with E-state index < -0.39 is 27.1 Å². The number of rotatable bonds is 10. The summed E-state index contributed by atoms with van der Waals surface area (Å²) in [5.74, 6) is -0.0171. The van der Waals surface area contributed by atoms with Gasteiger partial charge in [0.05, 0.1) is 8.07 Å². The molecule has 0 atom stereocenters. The van der Waals surface area contributed by atoms with Crippen LogP contribution in [-0.2, 0) is 18.9 Å². The van der Waals surface area contributed by atoms with Crippen LogP contribution in [0.3, 0.4) is 0 Å². The van der Waals surface area contributed by atoms with E-state index >= 15 is 0 Å². The summed E-state index contributed by atoms with van der Waals surface area (Å²) in [7, 11) is 4.44. The summed E-state index contributed by atoms with van der Waals surface area (Å²) in [4.78, 5) is 0. The molecule has 4 nitrogen and oxygen atoms in total. The number of ether oxygens (including phenoxy) is 4. The first-order valence-electron chi connectivity index (χ1n) is 6.45. The zero-order valence-corrected chi connectivity index (χ0v) is 16.8. The van der Waals surface area contributed by atoms with E-state index in [2.05, 4.69) is 35.9 Å². The minimum absolute atomic E-state index is 0.00855. The SMILES string of the molecule is COC(OC)[SiH2]C=C[Si](C)(C)C=C[SiH2]C(OC)OC. The van der Waals surface area contributed by atoms with E-state index in [0.29, 0.717) is 0 Å². The highest BCUT2D eigenvalue weighted by Gasteiger charge is 2.13. The van der Waals surface area contributed by atoms with Crippen LogP contribution >= 0.6 is 0 Å². The zero-order chi connectivity index (χ0) is 14.7. The molecular formula is C12H28O4Si3. The third-order valence-corrected chi connectivity index (χ3v) is 9.05. The Morgan fingerprint density at radius 1 is 0.737 bits per heavy atom. The van der Waals surface area contributed by atoms with Crippen molar-refractivity contribution in [2.45, 2.75) is 24.9 Å². The van der Waals surface area contributed by atoms with Gasteiger partial charge in [0, 0.05) is 28.4 Å². The zero-order valence-electron chi connectivity index (χ0n) is 13.0. The molecule has 0 aliphatic carbocycles. The molecule has 0 aromatic carbocycles. The third kappa shape index (κ3) is 9.50. The molecule has 0 amide bonds. The van der Waals surface area contributed by atoms with Gasteiger partial charge in [0.1, 0.15) is 30.9 Å². The van der Waals surface area contributed by atoms with Crippen molar-refractivity contribution < 1.29 is 18.9 Å². The maximum atomic E-state index is 5.22. The Morgan fingerprint density at radius 3 is 1.32 bits per heavy atom. The first kappa shape index (κ1) is 19.0. The molecule has 7 heteroatoms. The molecule has 0 saturated heterocycles. The standard InChI is InChI=1S/C12H28O4Si3/c1-13-11(14-2)17-7-9-19(5,6)10-8-18-12(15-3)16-4/h7-12H,17-18H2,1-6H3. The van der Waals surface area contributed by atoms with Gasteiger partial charge >= 0.3 is 0 Å².